The standard InChI is InChI=1S/C40H71O8P/c1-3-5-7-9-11-13-15-17-19-21-23-25-27-29-31-33-35-40(42)48-38(37-47-49(43,44)45)36-46-39(41)34-32-30-28-26-24-22-20-18-16-14-12-10-8-6-4-2/h6,8,10,12,14,16,18,20,38H,3-5,7,9,11,13,15,17,19,21-37H2,1-2H3,(H2,43,44,45)/b8-6+,12-10+,16-14+,20-18+/t38-/m1/s1. The molecule has 0 aromatic rings. The highest BCUT2D eigenvalue weighted by atomic mass is 31.2. The molecule has 0 rings (SSSR count). The first-order chi connectivity index (χ1) is 23.8. The van der Waals surface area contributed by atoms with Crippen LogP contribution >= 0.6 is 7.82 Å². The minimum Gasteiger partial charge on any atom is -0.462 e. The zero-order valence-corrected chi connectivity index (χ0v) is 32.0. The van der Waals surface area contributed by atoms with Crippen molar-refractivity contribution in [3.8, 4) is 0 Å². The van der Waals surface area contributed by atoms with Crippen LogP contribution in [0.2, 0.25) is 0 Å². The molecule has 49 heavy (non-hydrogen) atoms. The fraction of sp³-hybridized carbons (Fsp3) is 0.750. The van der Waals surface area contributed by atoms with E-state index < -0.39 is 32.5 Å². The van der Waals surface area contributed by atoms with Crippen molar-refractivity contribution in [3.63, 3.8) is 0 Å². The summed E-state index contributed by atoms with van der Waals surface area (Å²) >= 11 is 0. The van der Waals surface area contributed by atoms with Gasteiger partial charge in [-0.15, -0.1) is 0 Å². The van der Waals surface area contributed by atoms with Crippen molar-refractivity contribution in [1.29, 1.82) is 0 Å². The van der Waals surface area contributed by atoms with Gasteiger partial charge < -0.3 is 19.3 Å². The van der Waals surface area contributed by atoms with Gasteiger partial charge in [0.15, 0.2) is 6.10 Å². The van der Waals surface area contributed by atoms with Gasteiger partial charge >= 0.3 is 19.8 Å². The van der Waals surface area contributed by atoms with Crippen molar-refractivity contribution in [2.24, 2.45) is 0 Å². The highest BCUT2D eigenvalue weighted by Crippen LogP contribution is 2.36. The number of carbonyl (C=O) groups is 2. The van der Waals surface area contributed by atoms with E-state index in [-0.39, 0.29) is 19.4 Å². The summed E-state index contributed by atoms with van der Waals surface area (Å²) in [6, 6.07) is 0. The van der Waals surface area contributed by atoms with Crippen LogP contribution in [0.15, 0.2) is 48.6 Å². The fourth-order valence-electron chi connectivity index (χ4n) is 5.32. The molecule has 0 radical (unpaired) electrons. The van der Waals surface area contributed by atoms with Gasteiger partial charge in [-0.05, 0) is 32.1 Å². The van der Waals surface area contributed by atoms with Crippen LogP contribution in [0.1, 0.15) is 174 Å². The Kier molecular flexibility index (Phi) is 34.4. The Labute approximate surface area is 299 Å². The molecule has 8 nitrogen and oxygen atoms in total. The molecule has 9 heteroatoms. The van der Waals surface area contributed by atoms with Gasteiger partial charge in [0.1, 0.15) is 6.61 Å². The van der Waals surface area contributed by atoms with Crippen LogP contribution in [0, 0.1) is 0 Å². The summed E-state index contributed by atoms with van der Waals surface area (Å²) in [6.07, 6.45) is 42.6. The summed E-state index contributed by atoms with van der Waals surface area (Å²) in [7, 11) is -4.76. The quantitative estimate of drug-likeness (QED) is 0.0289. The van der Waals surface area contributed by atoms with Crippen molar-refractivity contribution in [2.75, 3.05) is 13.2 Å². The number of phosphoric acid groups is 1. The van der Waals surface area contributed by atoms with Crippen LogP contribution in [-0.4, -0.2) is 41.0 Å². The molecule has 0 aliphatic rings. The van der Waals surface area contributed by atoms with Gasteiger partial charge in [-0.3, -0.25) is 14.1 Å². The topological polar surface area (TPSA) is 119 Å². The van der Waals surface area contributed by atoms with Crippen LogP contribution in [-0.2, 0) is 28.2 Å². The van der Waals surface area contributed by atoms with E-state index in [1.165, 1.54) is 77.0 Å². The Morgan fingerprint density at radius 1 is 0.551 bits per heavy atom. The maximum atomic E-state index is 12.4. The molecule has 0 aliphatic heterocycles. The van der Waals surface area contributed by atoms with E-state index in [2.05, 4.69) is 36.6 Å². The van der Waals surface area contributed by atoms with Crippen LogP contribution in [0.4, 0.5) is 0 Å². The Morgan fingerprint density at radius 2 is 0.980 bits per heavy atom. The number of carbonyl (C=O) groups excluding carboxylic acids is 2. The zero-order valence-electron chi connectivity index (χ0n) is 31.1. The van der Waals surface area contributed by atoms with Gasteiger partial charge in [0.25, 0.3) is 0 Å². The van der Waals surface area contributed by atoms with E-state index >= 15 is 0 Å². The van der Waals surface area contributed by atoms with E-state index in [0.29, 0.717) is 12.8 Å². The monoisotopic (exact) mass is 710 g/mol. The average molecular weight is 711 g/mol. The molecule has 2 N–H and O–H groups in total. The second-order valence-electron chi connectivity index (χ2n) is 13.0. The predicted molar refractivity (Wildman–Crippen MR) is 202 cm³/mol. The number of rotatable bonds is 35. The van der Waals surface area contributed by atoms with Gasteiger partial charge in [0, 0.05) is 12.8 Å². The summed E-state index contributed by atoms with van der Waals surface area (Å²) < 4.78 is 26.3. The van der Waals surface area contributed by atoms with Gasteiger partial charge in [-0.2, -0.15) is 0 Å². The number of unbranched alkanes of at least 4 members (excludes halogenated alkanes) is 20. The van der Waals surface area contributed by atoms with Crippen molar-refractivity contribution in [1.82, 2.24) is 0 Å². The molecule has 0 fully saturated rings. The number of allylic oxidation sites excluding steroid dienone is 8. The Balaban J connectivity index is 3.98. The molecule has 0 aliphatic carbocycles. The van der Waals surface area contributed by atoms with Gasteiger partial charge in [-0.1, -0.05) is 178 Å². The number of phosphoric ester groups is 1. The second kappa shape index (κ2) is 35.8. The lowest BCUT2D eigenvalue weighted by atomic mass is 10.0. The minimum atomic E-state index is -4.76. The molecule has 0 aromatic carbocycles. The summed E-state index contributed by atoms with van der Waals surface area (Å²) in [5.41, 5.74) is 0. The number of hydrogen-bond donors (Lipinski definition) is 2. The Hall–Kier alpha value is -1.99. The minimum absolute atomic E-state index is 0.208. The first-order valence-corrected chi connectivity index (χ1v) is 21.0. The van der Waals surface area contributed by atoms with E-state index in [1.807, 2.05) is 30.4 Å². The number of hydrogen-bond acceptors (Lipinski definition) is 6. The smallest absolute Gasteiger partial charge is 0.462 e. The predicted octanol–water partition coefficient (Wildman–Crippen LogP) is 11.6. The largest absolute Gasteiger partial charge is 0.469 e. The molecule has 0 amide bonds. The third kappa shape index (κ3) is 38.7. The van der Waals surface area contributed by atoms with Gasteiger partial charge in [0.2, 0.25) is 0 Å². The molecule has 1 atom stereocenters. The SMILES string of the molecule is CC/C=C/C=C/C=C/C=C/CCCCCCCC(=O)OC[C@H](COP(=O)(O)O)OC(=O)CCCCCCCCCCCCCCCCCC. The molecular formula is C40H71O8P. The molecule has 0 heterocycles. The summed E-state index contributed by atoms with van der Waals surface area (Å²) in [5.74, 6) is -0.910. The normalized spacial score (nSPS) is 13.0. The van der Waals surface area contributed by atoms with Crippen molar-refractivity contribution in [2.45, 2.75) is 180 Å². The van der Waals surface area contributed by atoms with E-state index in [0.717, 1.165) is 57.8 Å². The van der Waals surface area contributed by atoms with E-state index in [9.17, 15) is 14.2 Å². The van der Waals surface area contributed by atoms with Crippen LogP contribution in [0.5, 0.6) is 0 Å². The molecule has 0 unspecified atom stereocenters. The molecule has 0 spiro atoms. The van der Waals surface area contributed by atoms with Crippen molar-refractivity contribution < 1.29 is 37.9 Å². The fourth-order valence-corrected chi connectivity index (χ4v) is 5.69. The molecule has 0 saturated heterocycles. The third-order valence-corrected chi connectivity index (χ3v) is 8.69. The summed E-state index contributed by atoms with van der Waals surface area (Å²) in [5, 5.41) is 0. The molecule has 0 aromatic heterocycles. The first-order valence-electron chi connectivity index (χ1n) is 19.5. The number of esters is 2. The summed E-state index contributed by atoms with van der Waals surface area (Å²) in [4.78, 5) is 42.7. The maximum absolute atomic E-state index is 12.4. The number of ether oxygens (including phenoxy) is 2. The lowest BCUT2D eigenvalue weighted by Gasteiger charge is -2.18. The second-order valence-corrected chi connectivity index (χ2v) is 14.2. The Bertz CT molecular complexity index is 937. The molecule has 0 bridgehead atoms. The van der Waals surface area contributed by atoms with Gasteiger partial charge in [0.05, 0.1) is 6.61 Å². The van der Waals surface area contributed by atoms with Crippen molar-refractivity contribution in [3.05, 3.63) is 48.6 Å². The zero-order chi connectivity index (χ0) is 36.1. The molecule has 284 valence electrons. The van der Waals surface area contributed by atoms with E-state index in [1.54, 1.807) is 0 Å². The van der Waals surface area contributed by atoms with E-state index in [4.69, 9.17) is 19.3 Å². The van der Waals surface area contributed by atoms with Crippen LogP contribution in [0.3, 0.4) is 0 Å². The lowest BCUT2D eigenvalue weighted by molar-refractivity contribution is -0.161. The van der Waals surface area contributed by atoms with Crippen LogP contribution < -0.4 is 0 Å². The molecular weight excluding hydrogens is 639 g/mol. The van der Waals surface area contributed by atoms with Crippen molar-refractivity contribution >= 4 is 19.8 Å². The first kappa shape index (κ1) is 47.0. The average Bonchev–Trinajstić information content (AvgIpc) is 3.07. The summed E-state index contributed by atoms with van der Waals surface area (Å²) in [6.45, 7) is 3.53. The maximum Gasteiger partial charge on any atom is 0.469 e. The molecule has 0 saturated carbocycles. The highest BCUT2D eigenvalue weighted by Gasteiger charge is 2.22. The van der Waals surface area contributed by atoms with Crippen LogP contribution in [0.25, 0.3) is 0 Å². The highest BCUT2D eigenvalue weighted by molar-refractivity contribution is 7.46. The third-order valence-electron chi connectivity index (χ3n) is 8.21. The lowest BCUT2D eigenvalue weighted by Crippen LogP contribution is -2.29. The van der Waals surface area contributed by atoms with Gasteiger partial charge in [-0.25, -0.2) is 4.57 Å². The Morgan fingerprint density at radius 3 is 1.47 bits per heavy atom.